The van der Waals surface area contributed by atoms with E-state index in [0.717, 1.165) is 58.5 Å². The summed E-state index contributed by atoms with van der Waals surface area (Å²) in [6.07, 6.45) is 4.34. The Morgan fingerprint density at radius 2 is 2.12 bits per heavy atom. The number of rotatable bonds is 4. The van der Waals surface area contributed by atoms with Crippen LogP contribution in [-0.2, 0) is 9.53 Å². The zero-order valence-corrected chi connectivity index (χ0v) is 10.8. The molecule has 2 aliphatic rings. The van der Waals surface area contributed by atoms with Gasteiger partial charge in [-0.1, -0.05) is 0 Å². The lowest BCUT2D eigenvalue weighted by molar-refractivity contribution is -0.134. The van der Waals surface area contributed by atoms with Gasteiger partial charge in [-0.2, -0.15) is 0 Å². The zero-order chi connectivity index (χ0) is 12.1. The zero-order valence-electron chi connectivity index (χ0n) is 10.8. The van der Waals surface area contributed by atoms with Crippen LogP contribution in [0.1, 0.15) is 32.6 Å². The van der Waals surface area contributed by atoms with E-state index in [9.17, 15) is 4.79 Å². The number of nitrogens with zero attached hydrogens (tertiary/aromatic N) is 1. The van der Waals surface area contributed by atoms with Gasteiger partial charge in [0.15, 0.2) is 0 Å². The summed E-state index contributed by atoms with van der Waals surface area (Å²) in [6, 6.07) is 0.0958. The van der Waals surface area contributed by atoms with Crippen LogP contribution in [0.25, 0.3) is 0 Å². The van der Waals surface area contributed by atoms with Crippen molar-refractivity contribution in [2.75, 3.05) is 32.8 Å². The van der Waals surface area contributed by atoms with E-state index >= 15 is 0 Å². The molecule has 2 rings (SSSR count). The molecular formula is C13H24N2O2. The lowest BCUT2D eigenvalue weighted by atomic mass is 9.97. The van der Waals surface area contributed by atoms with Crippen molar-refractivity contribution >= 4 is 5.91 Å². The van der Waals surface area contributed by atoms with Crippen LogP contribution in [0.4, 0.5) is 0 Å². The van der Waals surface area contributed by atoms with Crippen LogP contribution in [0.15, 0.2) is 0 Å². The van der Waals surface area contributed by atoms with E-state index in [1.807, 2.05) is 11.8 Å². The largest absolute Gasteiger partial charge is 0.381 e. The summed E-state index contributed by atoms with van der Waals surface area (Å²) in [4.78, 5) is 14.2. The smallest absolute Gasteiger partial charge is 0.239 e. The number of carbonyl (C=O) groups excluding carboxylic acids is 1. The maximum Gasteiger partial charge on any atom is 0.239 e. The van der Waals surface area contributed by atoms with Crippen molar-refractivity contribution in [3.8, 4) is 0 Å². The summed E-state index contributed by atoms with van der Waals surface area (Å²) in [5.41, 5.74) is 0. The molecule has 0 radical (unpaired) electrons. The first-order valence-corrected chi connectivity index (χ1v) is 6.91. The molecule has 0 spiro atoms. The first-order chi connectivity index (χ1) is 8.31. The Kier molecular flexibility index (Phi) is 4.80. The van der Waals surface area contributed by atoms with Gasteiger partial charge in [-0.05, 0) is 45.1 Å². The van der Waals surface area contributed by atoms with E-state index in [2.05, 4.69) is 5.32 Å². The molecule has 1 N–H and O–H groups in total. The monoisotopic (exact) mass is 240 g/mol. The van der Waals surface area contributed by atoms with E-state index in [-0.39, 0.29) is 6.04 Å². The average molecular weight is 240 g/mol. The van der Waals surface area contributed by atoms with E-state index in [1.54, 1.807) is 0 Å². The third-order valence-electron chi connectivity index (χ3n) is 3.84. The molecule has 2 saturated heterocycles. The highest BCUT2D eigenvalue weighted by molar-refractivity contribution is 5.82. The molecule has 4 nitrogen and oxygen atoms in total. The number of hydrogen-bond donors (Lipinski definition) is 1. The molecule has 0 aliphatic carbocycles. The second kappa shape index (κ2) is 6.36. The van der Waals surface area contributed by atoms with Crippen LogP contribution in [-0.4, -0.2) is 49.7 Å². The molecule has 0 aromatic heterocycles. The van der Waals surface area contributed by atoms with Crippen LogP contribution >= 0.6 is 0 Å². The number of piperidine rings is 1. The minimum absolute atomic E-state index is 0.0958. The Bertz CT molecular complexity index is 244. The molecule has 0 saturated carbocycles. The fraction of sp³-hybridized carbons (Fsp3) is 0.923. The SMILES string of the molecule is CCOCC1CCN(C(=O)C2CCCN2)CC1. The number of ether oxygens (including phenoxy) is 1. The van der Waals surface area contributed by atoms with Gasteiger partial charge in [0.1, 0.15) is 0 Å². The topological polar surface area (TPSA) is 41.6 Å². The van der Waals surface area contributed by atoms with Crippen molar-refractivity contribution in [3.05, 3.63) is 0 Å². The molecule has 2 heterocycles. The van der Waals surface area contributed by atoms with Gasteiger partial charge in [-0.15, -0.1) is 0 Å². The molecule has 4 heteroatoms. The first-order valence-electron chi connectivity index (χ1n) is 6.91. The van der Waals surface area contributed by atoms with E-state index in [0.29, 0.717) is 11.8 Å². The van der Waals surface area contributed by atoms with Crippen LogP contribution in [0.5, 0.6) is 0 Å². The molecule has 2 aliphatic heterocycles. The van der Waals surface area contributed by atoms with Crippen LogP contribution in [0.2, 0.25) is 0 Å². The van der Waals surface area contributed by atoms with Gasteiger partial charge in [-0.3, -0.25) is 4.79 Å². The lowest BCUT2D eigenvalue weighted by Crippen LogP contribution is -2.47. The van der Waals surface area contributed by atoms with E-state index in [1.165, 1.54) is 0 Å². The second-order valence-electron chi connectivity index (χ2n) is 5.08. The quantitative estimate of drug-likeness (QED) is 0.797. The van der Waals surface area contributed by atoms with Gasteiger partial charge in [0, 0.05) is 26.3 Å². The maximum absolute atomic E-state index is 12.2. The molecule has 1 unspecified atom stereocenters. The Morgan fingerprint density at radius 1 is 1.35 bits per heavy atom. The lowest BCUT2D eigenvalue weighted by Gasteiger charge is -2.33. The summed E-state index contributed by atoms with van der Waals surface area (Å²) in [6.45, 7) is 6.51. The average Bonchev–Trinajstić information content (AvgIpc) is 2.90. The molecule has 0 aromatic rings. The van der Waals surface area contributed by atoms with Gasteiger partial charge in [0.05, 0.1) is 6.04 Å². The van der Waals surface area contributed by atoms with Gasteiger partial charge in [0.25, 0.3) is 0 Å². The van der Waals surface area contributed by atoms with Crippen molar-refractivity contribution < 1.29 is 9.53 Å². The van der Waals surface area contributed by atoms with Crippen molar-refractivity contribution in [2.45, 2.75) is 38.6 Å². The third kappa shape index (κ3) is 3.42. The fourth-order valence-corrected chi connectivity index (χ4v) is 2.72. The summed E-state index contributed by atoms with van der Waals surface area (Å²) in [7, 11) is 0. The maximum atomic E-state index is 12.2. The highest BCUT2D eigenvalue weighted by atomic mass is 16.5. The van der Waals surface area contributed by atoms with Gasteiger partial charge < -0.3 is 15.0 Å². The molecule has 2 fully saturated rings. The highest BCUT2D eigenvalue weighted by Gasteiger charge is 2.29. The normalized spacial score (nSPS) is 26.4. The Labute approximate surface area is 104 Å². The molecule has 17 heavy (non-hydrogen) atoms. The molecule has 0 bridgehead atoms. The Balaban J connectivity index is 1.72. The molecular weight excluding hydrogens is 216 g/mol. The van der Waals surface area contributed by atoms with Crippen LogP contribution < -0.4 is 5.32 Å². The van der Waals surface area contributed by atoms with Gasteiger partial charge in [0.2, 0.25) is 5.91 Å². The minimum atomic E-state index is 0.0958. The van der Waals surface area contributed by atoms with Crippen LogP contribution in [0, 0.1) is 5.92 Å². The Morgan fingerprint density at radius 3 is 2.71 bits per heavy atom. The number of likely N-dealkylation sites (tertiary alicyclic amines) is 1. The van der Waals surface area contributed by atoms with Crippen molar-refractivity contribution in [2.24, 2.45) is 5.92 Å². The highest BCUT2D eigenvalue weighted by Crippen LogP contribution is 2.19. The fourth-order valence-electron chi connectivity index (χ4n) is 2.72. The molecule has 0 aromatic carbocycles. The number of amides is 1. The van der Waals surface area contributed by atoms with Crippen LogP contribution in [0.3, 0.4) is 0 Å². The number of hydrogen-bond acceptors (Lipinski definition) is 3. The van der Waals surface area contributed by atoms with Crippen molar-refractivity contribution in [1.29, 1.82) is 0 Å². The molecule has 1 amide bonds. The van der Waals surface area contributed by atoms with Crippen molar-refractivity contribution in [3.63, 3.8) is 0 Å². The Hall–Kier alpha value is -0.610. The molecule has 1 atom stereocenters. The standard InChI is InChI=1S/C13H24N2O2/c1-2-17-10-11-5-8-15(9-6-11)13(16)12-4-3-7-14-12/h11-12,14H,2-10H2,1H3. The summed E-state index contributed by atoms with van der Waals surface area (Å²) >= 11 is 0. The summed E-state index contributed by atoms with van der Waals surface area (Å²) < 4.78 is 5.45. The summed E-state index contributed by atoms with van der Waals surface area (Å²) in [5, 5.41) is 3.28. The molecule has 98 valence electrons. The van der Waals surface area contributed by atoms with E-state index in [4.69, 9.17) is 4.74 Å². The number of carbonyl (C=O) groups is 1. The first kappa shape index (κ1) is 12.8. The predicted molar refractivity (Wildman–Crippen MR) is 66.8 cm³/mol. The summed E-state index contributed by atoms with van der Waals surface area (Å²) in [5.74, 6) is 0.966. The van der Waals surface area contributed by atoms with Crippen molar-refractivity contribution in [1.82, 2.24) is 10.2 Å². The third-order valence-corrected chi connectivity index (χ3v) is 3.84. The van der Waals surface area contributed by atoms with Gasteiger partial charge >= 0.3 is 0 Å². The second-order valence-corrected chi connectivity index (χ2v) is 5.08. The number of nitrogens with one attached hydrogen (secondary N) is 1. The van der Waals surface area contributed by atoms with E-state index < -0.39 is 0 Å². The van der Waals surface area contributed by atoms with Gasteiger partial charge in [-0.25, -0.2) is 0 Å². The predicted octanol–water partition coefficient (Wildman–Crippen LogP) is 1.01. The minimum Gasteiger partial charge on any atom is -0.381 e.